The number of benzene rings is 2. The quantitative estimate of drug-likeness (QED) is 0.718. The van der Waals surface area contributed by atoms with Gasteiger partial charge in [-0.1, -0.05) is 12.1 Å². The SMILES string of the molecule is Nc1ccccc1-c1nc2ccc(F)cc2n1C1CC1. The van der Waals surface area contributed by atoms with E-state index in [9.17, 15) is 4.39 Å². The number of para-hydroxylation sites is 1. The van der Waals surface area contributed by atoms with Crippen LogP contribution in [0.5, 0.6) is 0 Å². The maximum Gasteiger partial charge on any atom is 0.143 e. The molecular weight excluding hydrogens is 253 g/mol. The molecule has 2 aromatic carbocycles. The molecule has 1 aliphatic carbocycles. The van der Waals surface area contributed by atoms with Gasteiger partial charge in [-0.05, 0) is 43.2 Å². The Bertz CT molecular complexity index is 803. The van der Waals surface area contributed by atoms with E-state index in [4.69, 9.17) is 5.73 Å². The molecule has 3 aromatic rings. The van der Waals surface area contributed by atoms with E-state index in [1.165, 1.54) is 6.07 Å². The molecule has 1 saturated carbocycles. The number of nitrogen functional groups attached to an aromatic ring is 1. The van der Waals surface area contributed by atoms with Crippen LogP contribution in [0.15, 0.2) is 42.5 Å². The van der Waals surface area contributed by atoms with Gasteiger partial charge in [0.05, 0.1) is 11.0 Å². The molecule has 0 atom stereocenters. The molecule has 1 heterocycles. The highest BCUT2D eigenvalue weighted by molar-refractivity contribution is 5.84. The van der Waals surface area contributed by atoms with E-state index in [1.807, 2.05) is 24.3 Å². The fourth-order valence-electron chi connectivity index (χ4n) is 2.66. The number of nitrogens with zero attached hydrogens (tertiary/aromatic N) is 2. The van der Waals surface area contributed by atoms with Crippen LogP contribution in [0.1, 0.15) is 18.9 Å². The molecule has 20 heavy (non-hydrogen) atoms. The molecule has 100 valence electrons. The summed E-state index contributed by atoms with van der Waals surface area (Å²) in [6.07, 6.45) is 2.23. The van der Waals surface area contributed by atoms with Crippen molar-refractivity contribution in [2.75, 3.05) is 5.73 Å². The van der Waals surface area contributed by atoms with Crippen molar-refractivity contribution in [3.63, 3.8) is 0 Å². The molecule has 3 nitrogen and oxygen atoms in total. The fraction of sp³-hybridized carbons (Fsp3) is 0.188. The molecule has 1 aliphatic rings. The molecule has 0 spiro atoms. The van der Waals surface area contributed by atoms with Gasteiger partial charge in [-0.2, -0.15) is 0 Å². The van der Waals surface area contributed by atoms with Gasteiger partial charge >= 0.3 is 0 Å². The molecule has 1 fully saturated rings. The monoisotopic (exact) mass is 267 g/mol. The molecule has 4 rings (SSSR count). The zero-order chi connectivity index (χ0) is 13.7. The average Bonchev–Trinajstić information content (AvgIpc) is 3.20. The number of rotatable bonds is 2. The molecule has 1 aromatic heterocycles. The predicted octanol–water partition coefficient (Wildman–Crippen LogP) is 3.76. The van der Waals surface area contributed by atoms with Crippen LogP contribution in [-0.4, -0.2) is 9.55 Å². The number of hydrogen-bond donors (Lipinski definition) is 1. The van der Waals surface area contributed by atoms with Crippen molar-refractivity contribution in [2.45, 2.75) is 18.9 Å². The lowest BCUT2D eigenvalue weighted by molar-refractivity contribution is 0.628. The molecule has 0 amide bonds. The third-order valence-electron chi connectivity index (χ3n) is 3.77. The molecular formula is C16H14FN3. The van der Waals surface area contributed by atoms with Gasteiger partial charge in [-0.25, -0.2) is 9.37 Å². The topological polar surface area (TPSA) is 43.8 Å². The molecule has 0 bridgehead atoms. The van der Waals surface area contributed by atoms with E-state index >= 15 is 0 Å². The third kappa shape index (κ3) is 1.68. The molecule has 2 N–H and O–H groups in total. The van der Waals surface area contributed by atoms with E-state index < -0.39 is 0 Å². The second-order valence-corrected chi connectivity index (χ2v) is 5.26. The maximum absolute atomic E-state index is 13.5. The van der Waals surface area contributed by atoms with Crippen LogP contribution < -0.4 is 5.73 Å². The van der Waals surface area contributed by atoms with Gasteiger partial charge in [0.2, 0.25) is 0 Å². The van der Waals surface area contributed by atoms with Crippen molar-refractivity contribution in [3.8, 4) is 11.4 Å². The molecule has 0 saturated heterocycles. The first-order chi connectivity index (χ1) is 9.74. The number of nitrogens with two attached hydrogens (primary N) is 1. The van der Waals surface area contributed by atoms with Gasteiger partial charge in [-0.15, -0.1) is 0 Å². The summed E-state index contributed by atoms with van der Waals surface area (Å²) >= 11 is 0. The Labute approximate surface area is 115 Å². The third-order valence-corrected chi connectivity index (χ3v) is 3.77. The van der Waals surface area contributed by atoms with E-state index in [2.05, 4.69) is 9.55 Å². The van der Waals surface area contributed by atoms with Crippen LogP contribution >= 0.6 is 0 Å². The highest BCUT2D eigenvalue weighted by Gasteiger charge is 2.29. The first kappa shape index (κ1) is 11.5. The highest BCUT2D eigenvalue weighted by atomic mass is 19.1. The Kier molecular flexibility index (Phi) is 2.33. The Morgan fingerprint density at radius 2 is 1.95 bits per heavy atom. The summed E-state index contributed by atoms with van der Waals surface area (Å²) in [6.45, 7) is 0. The Balaban J connectivity index is 2.04. The molecule has 4 heteroatoms. The van der Waals surface area contributed by atoms with E-state index in [0.29, 0.717) is 11.7 Å². The Morgan fingerprint density at radius 3 is 2.70 bits per heavy atom. The molecule has 0 unspecified atom stereocenters. The number of aromatic nitrogens is 2. The van der Waals surface area contributed by atoms with Crippen LogP contribution in [0.25, 0.3) is 22.4 Å². The van der Waals surface area contributed by atoms with Crippen molar-refractivity contribution < 1.29 is 4.39 Å². The van der Waals surface area contributed by atoms with Gasteiger partial charge in [0, 0.05) is 17.3 Å². The van der Waals surface area contributed by atoms with E-state index in [-0.39, 0.29) is 5.82 Å². The lowest BCUT2D eigenvalue weighted by Gasteiger charge is -2.09. The highest BCUT2D eigenvalue weighted by Crippen LogP contribution is 2.42. The van der Waals surface area contributed by atoms with Crippen LogP contribution in [0.4, 0.5) is 10.1 Å². The molecule has 0 radical (unpaired) electrons. The summed E-state index contributed by atoms with van der Waals surface area (Å²) in [5.74, 6) is 0.609. The summed E-state index contributed by atoms with van der Waals surface area (Å²) < 4.78 is 15.7. The smallest absolute Gasteiger partial charge is 0.143 e. The molecule has 0 aliphatic heterocycles. The first-order valence-electron chi connectivity index (χ1n) is 6.76. The summed E-state index contributed by atoms with van der Waals surface area (Å²) in [6, 6.07) is 12.8. The van der Waals surface area contributed by atoms with Crippen molar-refractivity contribution in [1.29, 1.82) is 0 Å². The Morgan fingerprint density at radius 1 is 1.15 bits per heavy atom. The van der Waals surface area contributed by atoms with Crippen LogP contribution in [0, 0.1) is 5.82 Å². The number of imidazole rings is 1. The standard InChI is InChI=1S/C16H14FN3/c17-10-5-8-14-15(9-10)20(11-6-7-11)16(19-14)12-3-1-2-4-13(12)18/h1-5,8-9,11H,6-7,18H2. The normalized spacial score (nSPS) is 14.8. The van der Waals surface area contributed by atoms with Crippen molar-refractivity contribution >= 4 is 16.7 Å². The van der Waals surface area contributed by atoms with E-state index in [0.717, 1.165) is 35.3 Å². The minimum atomic E-state index is -0.230. The Hall–Kier alpha value is -2.36. The minimum Gasteiger partial charge on any atom is -0.398 e. The second kappa shape index (κ2) is 4.07. The van der Waals surface area contributed by atoms with Gasteiger partial charge in [0.1, 0.15) is 11.6 Å². The average molecular weight is 267 g/mol. The number of halogens is 1. The fourth-order valence-corrected chi connectivity index (χ4v) is 2.66. The number of anilines is 1. The van der Waals surface area contributed by atoms with Gasteiger partial charge in [0.15, 0.2) is 0 Å². The largest absolute Gasteiger partial charge is 0.398 e. The summed E-state index contributed by atoms with van der Waals surface area (Å²) in [7, 11) is 0. The second-order valence-electron chi connectivity index (χ2n) is 5.26. The summed E-state index contributed by atoms with van der Waals surface area (Å²) in [5.41, 5.74) is 9.35. The summed E-state index contributed by atoms with van der Waals surface area (Å²) in [5, 5.41) is 0. The first-order valence-corrected chi connectivity index (χ1v) is 6.76. The van der Waals surface area contributed by atoms with Crippen LogP contribution in [0.2, 0.25) is 0 Å². The zero-order valence-electron chi connectivity index (χ0n) is 10.9. The predicted molar refractivity (Wildman–Crippen MR) is 77.8 cm³/mol. The number of fused-ring (bicyclic) bond motifs is 1. The summed E-state index contributed by atoms with van der Waals surface area (Å²) in [4.78, 5) is 4.66. The van der Waals surface area contributed by atoms with Crippen LogP contribution in [0.3, 0.4) is 0 Å². The van der Waals surface area contributed by atoms with E-state index in [1.54, 1.807) is 12.1 Å². The minimum absolute atomic E-state index is 0.230. The lowest BCUT2D eigenvalue weighted by atomic mass is 10.1. The lowest BCUT2D eigenvalue weighted by Crippen LogP contribution is -2.00. The van der Waals surface area contributed by atoms with Gasteiger partial charge in [0.25, 0.3) is 0 Å². The van der Waals surface area contributed by atoms with Crippen molar-refractivity contribution in [3.05, 3.63) is 48.3 Å². The van der Waals surface area contributed by atoms with Crippen molar-refractivity contribution in [1.82, 2.24) is 9.55 Å². The number of hydrogen-bond acceptors (Lipinski definition) is 2. The van der Waals surface area contributed by atoms with Gasteiger partial charge in [-0.3, -0.25) is 0 Å². The maximum atomic E-state index is 13.5. The van der Waals surface area contributed by atoms with Gasteiger partial charge < -0.3 is 10.3 Å². The zero-order valence-corrected chi connectivity index (χ0v) is 10.9. The van der Waals surface area contributed by atoms with Crippen molar-refractivity contribution in [2.24, 2.45) is 0 Å². The van der Waals surface area contributed by atoms with Crippen LogP contribution in [-0.2, 0) is 0 Å².